The van der Waals surface area contributed by atoms with E-state index >= 15 is 0 Å². The third kappa shape index (κ3) is 4.85. The standard InChI is InChI=1S/C13H17FO3/c1-9(2)8-16-13(15)10(3)17-12-6-4-11(14)5-7-12/h4-7,9-10H,8H2,1-3H3/t10-/m1/s1. The molecule has 0 saturated heterocycles. The number of rotatable bonds is 5. The molecule has 0 fully saturated rings. The maximum Gasteiger partial charge on any atom is 0.347 e. The Balaban J connectivity index is 2.45. The van der Waals surface area contributed by atoms with Crippen LogP contribution in [0.1, 0.15) is 20.8 Å². The van der Waals surface area contributed by atoms with Crippen molar-refractivity contribution in [2.45, 2.75) is 26.9 Å². The van der Waals surface area contributed by atoms with Crippen LogP contribution >= 0.6 is 0 Å². The average Bonchev–Trinajstić information content (AvgIpc) is 2.28. The summed E-state index contributed by atoms with van der Waals surface area (Å²) in [6.45, 7) is 5.89. The van der Waals surface area contributed by atoms with Crippen LogP contribution < -0.4 is 4.74 Å². The first-order chi connectivity index (χ1) is 7.99. The predicted molar refractivity (Wildman–Crippen MR) is 62.3 cm³/mol. The van der Waals surface area contributed by atoms with Crippen LogP contribution in [-0.2, 0) is 9.53 Å². The zero-order valence-corrected chi connectivity index (χ0v) is 10.3. The number of benzene rings is 1. The highest BCUT2D eigenvalue weighted by Crippen LogP contribution is 2.13. The summed E-state index contributed by atoms with van der Waals surface area (Å²) in [5.41, 5.74) is 0. The molecule has 0 amide bonds. The summed E-state index contributed by atoms with van der Waals surface area (Å²) in [6.07, 6.45) is -0.695. The minimum absolute atomic E-state index is 0.289. The van der Waals surface area contributed by atoms with Crippen molar-refractivity contribution < 1.29 is 18.7 Å². The van der Waals surface area contributed by atoms with Gasteiger partial charge in [0.2, 0.25) is 0 Å². The molecule has 3 nitrogen and oxygen atoms in total. The highest BCUT2D eigenvalue weighted by Gasteiger charge is 2.16. The van der Waals surface area contributed by atoms with E-state index in [4.69, 9.17) is 9.47 Å². The van der Waals surface area contributed by atoms with Gasteiger partial charge in [-0.15, -0.1) is 0 Å². The van der Waals surface area contributed by atoms with E-state index in [-0.39, 0.29) is 11.7 Å². The molecule has 0 unspecified atom stereocenters. The van der Waals surface area contributed by atoms with Crippen molar-refractivity contribution in [1.82, 2.24) is 0 Å². The lowest BCUT2D eigenvalue weighted by atomic mass is 10.2. The minimum atomic E-state index is -0.695. The van der Waals surface area contributed by atoms with Crippen LogP contribution in [-0.4, -0.2) is 18.7 Å². The first-order valence-electron chi connectivity index (χ1n) is 5.58. The van der Waals surface area contributed by atoms with Crippen LogP contribution in [0.5, 0.6) is 5.75 Å². The van der Waals surface area contributed by atoms with E-state index in [1.54, 1.807) is 6.92 Å². The van der Waals surface area contributed by atoms with Crippen molar-refractivity contribution in [3.63, 3.8) is 0 Å². The highest BCUT2D eigenvalue weighted by molar-refractivity contribution is 5.74. The van der Waals surface area contributed by atoms with E-state index in [2.05, 4.69) is 0 Å². The Bertz CT molecular complexity index is 359. The number of halogens is 1. The van der Waals surface area contributed by atoms with E-state index < -0.39 is 12.1 Å². The molecule has 0 heterocycles. The molecule has 1 aromatic rings. The Hall–Kier alpha value is -1.58. The number of carbonyl (C=O) groups is 1. The first kappa shape index (κ1) is 13.5. The molecule has 1 rings (SSSR count). The monoisotopic (exact) mass is 240 g/mol. The van der Waals surface area contributed by atoms with Crippen molar-refractivity contribution in [1.29, 1.82) is 0 Å². The Labute approximate surface area is 101 Å². The Kier molecular flexibility index (Phi) is 4.94. The van der Waals surface area contributed by atoms with E-state index in [0.29, 0.717) is 12.4 Å². The summed E-state index contributed by atoms with van der Waals surface area (Å²) in [4.78, 5) is 11.5. The molecule has 0 bridgehead atoms. The van der Waals surface area contributed by atoms with Gasteiger partial charge in [-0.2, -0.15) is 0 Å². The fraction of sp³-hybridized carbons (Fsp3) is 0.462. The maximum atomic E-state index is 12.6. The third-order valence-electron chi connectivity index (χ3n) is 2.02. The third-order valence-corrected chi connectivity index (χ3v) is 2.02. The second-order valence-corrected chi connectivity index (χ2v) is 4.24. The van der Waals surface area contributed by atoms with Crippen molar-refractivity contribution in [3.8, 4) is 5.75 Å². The fourth-order valence-electron chi connectivity index (χ4n) is 1.13. The van der Waals surface area contributed by atoms with Crippen molar-refractivity contribution in [3.05, 3.63) is 30.1 Å². The summed E-state index contributed by atoms with van der Waals surface area (Å²) in [5.74, 6) is -0.0206. The van der Waals surface area contributed by atoms with E-state index in [0.717, 1.165) is 0 Å². The van der Waals surface area contributed by atoms with Crippen LogP contribution in [0, 0.1) is 11.7 Å². The second kappa shape index (κ2) is 6.23. The summed E-state index contributed by atoms with van der Waals surface area (Å²) in [6, 6.07) is 5.51. The SMILES string of the molecule is CC(C)COC(=O)[C@@H](C)Oc1ccc(F)cc1. The van der Waals surface area contributed by atoms with Crippen LogP contribution in [0.3, 0.4) is 0 Å². The second-order valence-electron chi connectivity index (χ2n) is 4.24. The van der Waals surface area contributed by atoms with Crippen molar-refractivity contribution in [2.24, 2.45) is 5.92 Å². The van der Waals surface area contributed by atoms with Crippen LogP contribution in [0.4, 0.5) is 4.39 Å². The molecule has 0 aromatic heterocycles. The summed E-state index contributed by atoms with van der Waals surface area (Å²) >= 11 is 0. The van der Waals surface area contributed by atoms with Crippen LogP contribution in [0.15, 0.2) is 24.3 Å². The van der Waals surface area contributed by atoms with Crippen LogP contribution in [0.2, 0.25) is 0 Å². The number of esters is 1. The molecule has 17 heavy (non-hydrogen) atoms. The van der Waals surface area contributed by atoms with Crippen LogP contribution in [0.25, 0.3) is 0 Å². The zero-order chi connectivity index (χ0) is 12.8. The Morgan fingerprint density at radius 2 is 1.82 bits per heavy atom. The van der Waals surface area contributed by atoms with Crippen molar-refractivity contribution in [2.75, 3.05) is 6.61 Å². The molecule has 0 saturated carbocycles. The van der Waals surface area contributed by atoms with E-state index in [9.17, 15) is 9.18 Å². The molecule has 94 valence electrons. The predicted octanol–water partition coefficient (Wildman–Crippen LogP) is 2.79. The quantitative estimate of drug-likeness (QED) is 0.742. The normalized spacial score (nSPS) is 12.3. The average molecular weight is 240 g/mol. The molecule has 0 spiro atoms. The molecular weight excluding hydrogens is 223 g/mol. The van der Waals surface area contributed by atoms with Gasteiger partial charge in [-0.25, -0.2) is 9.18 Å². The van der Waals surface area contributed by atoms with E-state index in [1.165, 1.54) is 24.3 Å². The summed E-state index contributed by atoms with van der Waals surface area (Å²) < 4.78 is 23.0. The summed E-state index contributed by atoms with van der Waals surface area (Å²) in [5, 5.41) is 0. The Morgan fingerprint density at radius 1 is 1.24 bits per heavy atom. The van der Waals surface area contributed by atoms with Gasteiger partial charge in [-0.05, 0) is 37.1 Å². The number of hydrogen-bond donors (Lipinski definition) is 0. The Morgan fingerprint density at radius 3 is 2.35 bits per heavy atom. The number of hydrogen-bond acceptors (Lipinski definition) is 3. The van der Waals surface area contributed by atoms with Gasteiger partial charge in [-0.1, -0.05) is 13.8 Å². The van der Waals surface area contributed by atoms with Crippen molar-refractivity contribution >= 4 is 5.97 Å². The molecule has 0 aliphatic heterocycles. The highest BCUT2D eigenvalue weighted by atomic mass is 19.1. The number of carbonyl (C=O) groups excluding carboxylic acids is 1. The van der Waals surface area contributed by atoms with Gasteiger partial charge in [0.15, 0.2) is 6.10 Å². The van der Waals surface area contributed by atoms with Gasteiger partial charge >= 0.3 is 5.97 Å². The molecule has 0 aliphatic carbocycles. The van der Waals surface area contributed by atoms with Gasteiger partial charge in [0.25, 0.3) is 0 Å². The largest absolute Gasteiger partial charge is 0.479 e. The minimum Gasteiger partial charge on any atom is -0.479 e. The smallest absolute Gasteiger partial charge is 0.347 e. The molecular formula is C13H17FO3. The molecule has 1 atom stereocenters. The molecule has 4 heteroatoms. The van der Waals surface area contributed by atoms with Gasteiger partial charge in [0, 0.05) is 0 Å². The molecule has 0 radical (unpaired) electrons. The molecule has 0 aliphatic rings. The lowest BCUT2D eigenvalue weighted by Crippen LogP contribution is -2.27. The fourth-order valence-corrected chi connectivity index (χ4v) is 1.13. The first-order valence-corrected chi connectivity index (χ1v) is 5.58. The van der Waals surface area contributed by atoms with Gasteiger partial charge in [0.05, 0.1) is 6.61 Å². The lowest BCUT2D eigenvalue weighted by molar-refractivity contribution is -0.152. The zero-order valence-electron chi connectivity index (χ0n) is 10.3. The topological polar surface area (TPSA) is 35.5 Å². The number of ether oxygens (including phenoxy) is 2. The van der Waals surface area contributed by atoms with Gasteiger partial charge < -0.3 is 9.47 Å². The van der Waals surface area contributed by atoms with Gasteiger partial charge in [0.1, 0.15) is 11.6 Å². The molecule has 1 aromatic carbocycles. The van der Waals surface area contributed by atoms with E-state index in [1.807, 2.05) is 13.8 Å². The summed E-state index contributed by atoms with van der Waals surface area (Å²) in [7, 11) is 0. The van der Waals surface area contributed by atoms with Gasteiger partial charge in [-0.3, -0.25) is 0 Å². The maximum absolute atomic E-state index is 12.6. The lowest BCUT2D eigenvalue weighted by Gasteiger charge is -2.14. The molecule has 0 N–H and O–H groups in total.